The fourth-order valence-corrected chi connectivity index (χ4v) is 2.99. The Morgan fingerprint density at radius 3 is 2.52 bits per heavy atom. The molecule has 23 heavy (non-hydrogen) atoms. The van der Waals surface area contributed by atoms with E-state index in [4.69, 9.17) is 27.9 Å². The number of nitrogens with zero attached hydrogens (tertiary/aromatic N) is 1. The topological polar surface area (TPSA) is 32.7 Å². The number of rotatable bonds is 4. The molecule has 2 aromatic rings. The van der Waals surface area contributed by atoms with Gasteiger partial charge in [-0.1, -0.05) is 59.6 Å². The summed E-state index contributed by atoms with van der Waals surface area (Å²) in [5.74, 6) is 0.514. The Balaban J connectivity index is 0.00000192. The number of ether oxygens (including phenoxy) is 1. The van der Waals surface area contributed by atoms with E-state index in [0.29, 0.717) is 28.9 Å². The number of hydrogen-bond acceptors (Lipinski definition) is 3. The van der Waals surface area contributed by atoms with Gasteiger partial charge in [-0.05, 0) is 17.7 Å². The molecule has 0 aromatic heterocycles. The summed E-state index contributed by atoms with van der Waals surface area (Å²) in [4.78, 5) is 2.17. The summed E-state index contributed by atoms with van der Waals surface area (Å²) in [5, 5.41) is 11.1. The van der Waals surface area contributed by atoms with Crippen LogP contribution in [0.2, 0.25) is 10.0 Å². The zero-order chi connectivity index (χ0) is 15.5. The zero-order valence-corrected chi connectivity index (χ0v) is 14.7. The second kappa shape index (κ2) is 8.22. The van der Waals surface area contributed by atoms with Gasteiger partial charge in [-0.25, -0.2) is 0 Å². The quantitative estimate of drug-likeness (QED) is 0.876. The molecule has 0 saturated carbocycles. The highest BCUT2D eigenvalue weighted by molar-refractivity contribution is 6.42. The van der Waals surface area contributed by atoms with Crippen LogP contribution in [0, 0.1) is 0 Å². The highest BCUT2D eigenvalue weighted by Crippen LogP contribution is 2.33. The molecule has 3 rings (SSSR count). The molecule has 0 amide bonds. The smallest absolute Gasteiger partial charge is 0.140 e. The van der Waals surface area contributed by atoms with Crippen molar-refractivity contribution < 1.29 is 9.84 Å². The normalized spacial score (nSPS) is 21.0. The minimum atomic E-state index is -0.543. The molecule has 1 saturated heterocycles. The van der Waals surface area contributed by atoms with Crippen molar-refractivity contribution in [3.63, 3.8) is 0 Å². The van der Waals surface area contributed by atoms with Crippen molar-refractivity contribution in [3.8, 4) is 5.75 Å². The number of benzene rings is 2. The summed E-state index contributed by atoms with van der Waals surface area (Å²) in [5.41, 5.74) is 1.22. The molecule has 124 valence electrons. The lowest BCUT2D eigenvalue weighted by Crippen LogP contribution is -2.30. The molecule has 6 heteroatoms. The molecule has 2 aromatic carbocycles. The maximum absolute atomic E-state index is 10.2. The molecule has 1 N–H and O–H groups in total. The van der Waals surface area contributed by atoms with E-state index < -0.39 is 6.10 Å². The summed E-state index contributed by atoms with van der Waals surface area (Å²) in [6.45, 7) is 2.03. The van der Waals surface area contributed by atoms with Gasteiger partial charge in [0, 0.05) is 19.6 Å². The van der Waals surface area contributed by atoms with E-state index >= 15 is 0 Å². The molecule has 0 aliphatic carbocycles. The summed E-state index contributed by atoms with van der Waals surface area (Å²) in [6, 6.07) is 15.4. The van der Waals surface area contributed by atoms with Gasteiger partial charge in [-0.3, -0.25) is 4.90 Å². The number of β-amino-alcohol motifs (C(OH)–C–C–N with tert-alkyl or cyclic N) is 1. The SMILES string of the molecule is Cl.O[C@@H]1CN(Cc2ccccc2)C[C@H]1Oc1cccc(Cl)c1Cl. The molecule has 1 aliphatic heterocycles. The maximum atomic E-state index is 10.2. The average molecular weight is 375 g/mol. The lowest BCUT2D eigenvalue weighted by Gasteiger charge is -2.18. The van der Waals surface area contributed by atoms with Crippen LogP contribution in [-0.4, -0.2) is 35.3 Å². The largest absolute Gasteiger partial charge is 0.485 e. The van der Waals surface area contributed by atoms with Crippen LogP contribution in [-0.2, 0) is 6.54 Å². The standard InChI is InChI=1S/C17H17Cl2NO2.ClH/c18-13-7-4-8-15(17(13)19)22-16-11-20(10-14(16)21)9-12-5-2-1-3-6-12;/h1-8,14,16,21H,9-11H2;1H/t14-,16-;/m1./s1. The predicted molar refractivity (Wildman–Crippen MR) is 95.9 cm³/mol. The molecule has 1 aliphatic rings. The Morgan fingerprint density at radius 2 is 1.78 bits per heavy atom. The van der Waals surface area contributed by atoms with Crippen LogP contribution in [0.1, 0.15) is 5.56 Å². The first-order valence-electron chi connectivity index (χ1n) is 7.18. The van der Waals surface area contributed by atoms with Gasteiger partial charge in [-0.15, -0.1) is 12.4 Å². The molecule has 0 spiro atoms. The van der Waals surface area contributed by atoms with E-state index in [2.05, 4.69) is 17.0 Å². The van der Waals surface area contributed by atoms with Crippen molar-refractivity contribution in [3.05, 3.63) is 64.1 Å². The van der Waals surface area contributed by atoms with Gasteiger partial charge in [0.15, 0.2) is 0 Å². The minimum absolute atomic E-state index is 0. The number of aliphatic hydroxyl groups excluding tert-OH is 1. The van der Waals surface area contributed by atoms with E-state index in [1.807, 2.05) is 18.2 Å². The minimum Gasteiger partial charge on any atom is -0.485 e. The molecule has 3 nitrogen and oxygen atoms in total. The molecule has 2 atom stereocenters. The lowest BCUT2D eigenvalue weighted by atomic mass is 10.2. The number of hydrogen-bond donors (Lipinski definition) is 1. The molecule has 0 radical (unpaired) electrons. The third kappa shape index (κ3) is 4.52. The van der Waals surface area contributed by atoms with Gasteiger partial charge in [0.05, 0.1) is 5.02 Å². The Kier molecular flexibility index (Phi) is 6.57. The first kappa shape index (κ1) is 18.4. The van der Waals surface area contributed by atoms with Gasteiger partial charge in [0.1, 0.15) is 23.0 Å². The van der Waals surface area contributed by atoms with E-state index in [-0.39, 0.29) is 18.5 Å². The van der Waals surface area contributed by atoms with Gasteiger partial charge in [0.25, 0.3) is 0 Å². The summed E-state index contributed by atoms with van der Waals surface area (Å²) < 4.78 is 5.86. The van der Waals surface area contributed by atoms with Crippen molar-refractivity contribution in [1.29, 1.82) is 0 Å². The van der Waals surface area contributed by atoms with Crippen LogP contribution in [0.5, 0.6) is 5.75 Å². The van der Waals surface area contributed by atoms with Crippen molar-refractivity contribution >= 4 is 35.6 Å². The van der Waals surface area contributed by atoms with Crippen molar-refractivity contribution in [2.45, 2.75) is 18.8 Å². The fraction of sp³-hybridized carbons (Fsp3) is 0.294. The zero-order valence-electron chi connectivity index (χ0n) is 12.4. The second-order valence-corrected chi connectivity index (χ2v) is 6.24. The van der Waals surface area contributed by atoms with Crippen LogP contribution < -0.4 is 4.74 Å². The lowest BCUT2D eigenvalue weighted by molar-refractivity contribution is 0.0737. The van der Waals surface area contributed by atoms with E-state index in [1.165, 1.54) is 5.56 Å². The van der Waals surface area contributed by atoms with E-state index in [1.54, 1.807) is 18.2 Å². The maximum Gasteiger partial charge on any atom is 0.140 e. The van der Waals surface area contributed by atoms with Crippen LogP contribution in [0.4, 0.5) is 0 Å². The first-order valence-corrected chi connectivity index (χ1v) is 7.94. The summed E-state index contributed by atoms with van der Waals surface area (Å²) >= 11 is 12.1. The van der Waals surface area contributed by atoms with Crippen molar-refractivity contribution in [2.24, 2.45) is 0 Å². The molecule has 1 fully saturated rings. The monoisotopic (exact) mass is 373 g/mol. The van der Waals surface area contributed by atoms with Crippen LogP contribution in [0.15, 0.2) is 48.5 Å². The Labute approximate surface area is 152 Å². The predicted octanol–water partition coefficient (Wildman–Crippen LogP) is 4.04. The van der Waals surface area contributed by atoms with Gasteiger partial charge >= 0.3 is 0 Å². The third-order valence-electron chi connectivity index (χ3n) is 3.76. The molecular formula is C17H18Cl3NO2. The van der Waals surface area contributed by atoms with Gasteiger partial charge in [0.2, 0.25) is 0 Å². The number of likely N-dealkylation sites (tertiary alicyclic amines) is 1. The molecular weight excluding hydrogens is 357 g/mol. The highest BCUT2D eigenvalue weighted by atomic mass is 35.5. The van der Waals surface area contributed by atoms with E-state index in [9.17, 15) is 5.11 Å². The van der Waals surface area contributed by atoms with Crippen LogP contribution in [0.3, 0.4) is 0 Å². The number of halogens is 3. The van der Waals surface area contributed by atoms with Crippen LogP contribution in [0.25, 0.3) is 0 Å². The summed E-state index contributed by atoms with van der Waals surface area (Å²) in [7, 11) is 0. The Bertz CT molecular complexity index is 639. The average Bonchev–Trinajstić information content (AvgIpc) is 2.85. The highest BCUT2D eigenvalue weighted by Gasteiger charge is 2.33. The Morgan fingerprint density at radius 1 is 1.04 bits per heavy atom. The third-order valence-corrected chi connectivity index (χ3v) is 4.56. The second-order valence-electron chi connectivity index (χ2n) is 5.46. The molecule has 0 unspecified atom stereocenters. The van der Waals surface area contributed by atoms with Gasteiger partial charge < -0.3 is 9.84 Å². The molecule has 1 heterocycles. The number of aliphatic hydroxyl groups is 1. The van der Waals surface area contributed by atoms with E-state index in [0.717, 1.165) is 6.54 Å². The summed E-state index contributed by atoms with van der Waals surface area (Å²) in [6.07, 6.45) is -0.849. The fourth-order valence-electron chi connectivity index (χ4n) is 2.66. The van der Waals surface area contributed by atoms with Crippen molar-refractivity contribution in [1.82, 2.24) is 4.90 Å². The Hall–Kier alpha value is -0.970. The van der Waals surface area contributed by atoms with Gasteiger partial charge in [-0.2, -0.15) is 0 Å². The molecule has 0 bridgehead atoms. The van der Waals surface area contributed by atoms with Crippen LogP contribution >= 0.6 is 35.6 Å². The first-order chi connectivity index (χ1) is 10.6. The van der Waals surface area contributed by atoms with Crippen molar-refractivity contribution in [2.75, 3.05) is 13.1 Å².